The molecule has 3 rings (SSSR count). The molecule has 218 valence electrons. The van der Waals surface area contributed by atoms with Crippen LogP contribution in [0.2, 0.25) is 0 Å². The highest BCUT2D eigenvalue weighted by atomic mass is 31.2. The highest BCUT2D eigenvalue weighted by molar-refractivity contribution is 7.67. The van der Waals surface area contributed by atoms with Gasteiger partial charge in [-0.25, -0.2) is 9.59 Å². The molecule has 0 radical (unpaired) electrons. The molecule has 41 heavy (non-hydrogen) atoms. The van der Waals surface area contributed by atoms with Gasteiger partial charge in [-0.15, -0.1) is 0 Å². The number of amides is 2. The van der Waals surface area contributed by atoms with Crippen molar-refractivity contribution in [3.63, 3.8) is 0 Å². The summed E-state index contributed by atoms with van der Waals surface area (Å²) in [5, 5.41) is 5.80. The van der Waals surface area contributed by atoms with Crippen LogP contribution in [-0.4, -0.2) is 37.2 Å². The molecule has 3 aromatic carbocycles. The minimum Gasteiger partial charge on any atom is -0.464 e. The quantitative estimate of drug-likeness (QED) is 0.209. The number of hydrogen-bond donors (Lipinski definition) is 2. The lowest BCUT2D eigenvalue weighted by atomic mass is 10.0. The van der Waals surface area contributed by atoms with E-state index in [0.717, 1.165) is 11.1 Å². The van der Waals surface area contributed by atoms with Gasteiger partial charge in [0.25, 0.3) is 7.37 Å². The Balaban J connectivity index is 1.91. The summed E-state index contributed by atoms with van der Waals surface area (Å²) < 4.78 is 30.9. The molecule has 0 aliphatic heterocycles. The van der Waals surface area contributed by atoms with Crippen LogP contribution in [0.3, 0.4) is 0 Å². The smallest absolute Gasteiger partial charge is 0.408 e. The molecule has 3 aromatic rings. The van der Waals surface area contributed by atoms with Crippen LogP contribution in [0.15, 0.2) is 84.9 Å². The maximum absolute atomic E-state index is 14.8. The first kappa shape index (κ1) is 31.6. The van der Waals surface area contributed by atoms with Gasteiger partial charge in [-0.3, -0.25) is 9.36 Å². The van der Waals surface area contributed by atoms with E-state index in [1.54, 1.807) is 63.2 Å². The van der Waals surface area contributed by atoms with Crippen molar-refractivity contribution in [1.29, 1.82) is 0 Å². The maximum Gasteiger partial charge on any atom is 0.408 e. The monoisotopic (exact) mass is 580 g/mol. The molecule has 9 nitrogen and oxygen atoms in total. The number of rotatable bonds is 13. The van der Waals surface area contributed by atoms with E-state index >= 15 is 0 Å². The summed E-state index contributed by atoms with van der Waals surface area (Å²) in [6, 6.07) is 23.7. The molecule has 0 saturated heterocycles. The first-order chi connectivity index (χ1) is 19.6. The minimum absolute atomic E-state index is 0.0377. The average Bonchev–Trinajstić information content (AvgIpc) is 2.98. The molecule has 3 atom stereocenters. The maximum atomic E-state index is 14.8. The van der Waals surface area contributed by atoms with Gasteiger partial charge in [0.15, 0.2) is 6.61 Å². The van der Waals surface area contributed by atoms with Gasteiger partial charge in [-0.1, -0.05) is 92.2 Å². The van der Waals surface area contributed by atoms with Crippen LogP contribution in [0, 0.1) is 12.8 Å². The number of nitrogens with one attached hydrogen (secondary N) is 2. The molecule has 0 aromatic heterocycles. The van der Waals surface area contributed by atoms with Gasteiger partial charge in [0.05, 0.1) is 6.61 Å². The van der Waals surface area contributed by atoms with Crippen LogP contribution in [-0.2, 0) is 34.8 Å². The second-order valence-electron chi connectivity index (χ2n) is 9.76. The molecule has 0 aliphatic rings. The van der Waals surface area contributed by atoms with Gasteiger partial charge < -0.3 is 24.6 Å². The summed E-state index contributed by atoms with van der Waals surface area (Å²) in [6.45, 7) is 6.72. The standard InChI is InChI=1S/C31H37N2O7P/c1-5-38-27(34)21-40-41(37,26-14-10-7-11-15-26)30(25-18-16-23(4)17-19-25)33-29(35)28(22(2)3)32-31(36)39-20-24-12-8-6-9-13-24/h6-19,22,28,30H,5,20-21H2,1-4H3,(H,32,36)(H,33,35)/t28-,30?,41?/m0/s1. The van der Waals surface area contributed by atoms with Crippen LogP contribution < -0.4 is 15.9 Å². The SMILES string of the molecule is CCOC(=O)COP(=O)(c1ccccc1)C(NC(=O)[C@@H](NC(=O)OCc1ccccc1)C(C)C)c1ccc(C)cc1. The molecule has 0 aliphatic carbocycles. The van der Waals surface area contributed by atoms with Gasteiger partial charge in [-0.2, -0.15) is 0 Å². The van der Waals surface area contributed by atoms with E-state index in [4.69, 9.17) is 14.0 Å². The van der Waals surface area contributed by atoms with Crippen LogP contribution in [0.5, 0.6) is 0 Å². The largest absolute Gasteiger partial charge is 0.464 e. The topological polar surface area (TPSA) is 120 Å². The third kappa shape index (κ3) is 9.03. The molecule has 0 bridgehead atoms. The molecule has 2 amide bonds. The molecule has 0 spiro atoms. The number of carbonyl (C=O) groups is 3. The first-order valence-electron chi connectivity index (χ1n) is 13.4. The number of carbonyl (C=O) groups excluding carboxylic acids is 3. The Morgan fingerprint density at radius 1 is 0.829 bits per heavy atom. The number of alkyl carbamates (subject to hydrolysis) is 1. The molecule has 0 fully saturated rings. The summed E-state index contributed by atoms with van der Waals surface area (Å²) in [5.74, 6) is -2.77. The van der Waals surface area contributed by atoms with E-state index < -0.39 is 43.8 Å². The Morgan fingerprint density at radius 3 is 2.02 bits per heavy atom. The Bertz CT molecular complexity index is 1330. The third-order valence-corrected chi connectivity index (χ3v) is 8.88. The number of benzene rings is 3. The summed E-state index contributed by atoms with van der Waals surface area (Å²) in [6.07, 6.45) is -0.764. The average molecular weight is 581 g/mol. The van der Waals surface area contributed by atoms with E-state index in [0.29, 0.717) is 10.9 Å². The highest BCUT2D eigenvalue weighted by Gasteiger charge is 2.41. The summed E-state index contributed by atoms with van der Waals surface area (Å²) in [5.41, 5.74) is 2.27. The summed E-state index contributed by atoms with van der Waals surface area (Å²) >= 11 is 0. The zero-order valence-corrected chi connectivity index (χ0v) is 24.6. The minimum atomic E-state index is -3.98. The molecule has 2 unspecified atom stereocenters. The fourth-order valence-electron chi connectivity index (χ4n) is 4.05. The van der Waals surface area contributed by atoms with Gasteiger partial charge in [0, 0.05) is 5.30 Å². The van der Waals surface area contributed by atoms with E-state index in [1.807, 2.05) is 49.4 Å². The second-order valence-corrected chi connectivity index (χ2v) is 12.2. The van der Waals surface area contributed by atoms with Crippen molar-refractivity contribution in [3.05, 3.63) is 102 Å². The Labute approximate surface area is 241 Å². The van der Waals surface area contributed by atoms with E-state index in [-0.39, 0.29) is 19.1 Å². The molecule has 0 saturated carbocycles. The fraction of sp³-hybridized carbons (Fsp3) is 0.323. The Hall–Kier alpha value is -3.94. The third-order valence-electron chi connectivity index (χ3n) is 6.24. The van der Waals surface area contributed by atoms with Crippen molar-refractivity contribution in [2.45, 2.75) is 46.1 Å². The lowest BCUT2D eigenvalue weighted by Gasteiger charge is -2.31. The van der Waals surface area contributed by atoms with Crippen LogP contribution in [0.1, 0.15) is 43.2 Å². The Morgan fingerprint density at radius 2 is 1.44 bits per heavy atom. The van der Waals surface area contributed by atoms with Crippen LogP contribution >= 0.6 is 7.37 Å². The zero-order valence-electron chi connectivity index (χ0n) is 23.7. The number of esters is 1. The van der Waals surface area contributed by atoms with E-state index in [2.05, 4.69) is 10.6 Å². The second kappa shape index (κ2) is 15.2. The molecule has 10 heteroatoms. The van der Waals surface area contributed by atoms with Crippen molar-refractivity contribution in [2.75, 3.05) is 13.2 Å². The van der Waals surface area contributed by atoms with Gasteiger partial charge >= 0.3 is 12.1 Å². The lowest BCUT2D eigenvalue weighted by Crippen LogP contribution is -2.50. The predicted octanol–water partition coefficient (Wildman–Crippen LogP) is 5.24. The molecule has 0 heterocycles. The number of hydrogen-bond acceptors (Lipinski definition) is 7. The van der Waals surface area contributed by atoms with E-state index in [9.17, 15) is 18.9 Å². The number of ether oxygens (including phenoxy) is 2. The van der Waals surface area contributed by atoms with Crippen molar-refractivity contribution in [1.82, 2.24) is 10.6 Å². The normalized spacial score (nSPS) is 13.9. The highest BCUT2D eigenvalue weighted by Crippen LogP contribution is 2.57. The summed E-state index contributed by atoms with van der Waals surface area (Å²) in [7, 11) is -3.98. The van der Waals surface area contributed by atoms with Crippen LogP contribution in [0.4, 0.5) is 4.79 Å². The fourth-order valence-corrected chi connectivity index (χ4v) is 6.39. The zero-order chi connectivity index (χ0) is 29.8. The number of aryl methyl sites for hydroxylation is 1. The summed E-state index contributed by atoms with van der Waals surface area (Å²) in [4.78, 5) is 38.6. The van der Waals surface area contributed by atoms with Gasteiger partial charge in [0.1, 0.15) is 18.4 Å². The lowest BCUT2D eigenvalue weighted by molar-refractivity contribution is -0.145. The predicted molar refractivity (Wildman–Crippen MR) is 157 cm³/mol. The van der Waals surface area contributed by atoms with Gasteiger partial charge in [0.2, 0.25) is 5.91 Å². The molecular formula is C31H37N2O7P. The van der Waals surface area contributed by atoms with Crippen LogP contribution in [0.25, 0.3) is 0 Å². The first-order valence-corrected chi connectivity index (χ1v) is 15.1. The van der Waals surface area contributed by atoms with Gasteiger partial charge in [-0.05, 0) is 43.0 Å². The van der Waals surface area contributed by atoms with Crippen molar-refractivity contribution in [3.8, 4) is 0 Å². The van der Waals surface area contributed by atoms with Crippen molar-refractivity contribution < 1.29 is 32.9 Å². The van der Waals surface area contributed by atoms with Crippen molar-refractivity contribution >= 4 is 30.6 Å². The van der Waals surface area contributed by atoms with E-state index in [1.165, 1.54) is 0 Å². The van der Waals surface area contributed by atoms with Crippen molar-refractivity contribution in [2.24, 2.45) is 5.92 Å². The Kier molecular flexibility index (Phi) is 11.7. The molecule has 2 N–H and O–H groups in total. The molecular weight excluding hydrogens is 543 g/mol.